The van der Waals surface area contributed by atoms with Gasteiger partial charge < -0.3 is 0 Å². The Morgan fingerprint density at radius 2 is 2.00 bits per heavy atom. The third kappa shape index (κ3) is 3.69. The molecule has 0 N–H and O–H groups in total. The van der Waals surface area contributed by atoms with Crippen LogP contribution in [0.1, 0.15) is 26.3 Å². The Hall–Kier alpha value is -0.0200. The first-order valence-corrected chi connectivity index (χ1v) is 5.80. The molecule has 0 radical (unpaired) electrons. The average Bonchev–Trinajstić information content (AvgIpc) is 1.93. The van der Waals surface area contributed by atoms with Crippen molar-refractivity contribution in [2.24, 2.45) is 0 Å². The standard InChI is InChI=1S/C10H14BrNS/c1-7-5-8(11)6-12-9(7)13-10(2,3)4/h5-6H,1-4H3. The van der Waals surface area contributed by atoms with Gasteiger partial charge >= 0.3 is 0 Å². The van der Waals surface area contributed by atoms with Crippen molar-refractivity contribution in [2.45, 2.75) is 37.5 Å². The largest absolute Gasteiger partial charge is 0.248 e. The zero-order valence-electron chi connectivity index (χ0n) is 8.39. The zero-order valence-corrected chi connectivity index (χ0v) is 10.8. The number of hydrogen-bond acceptors (Lipinski definition) is 2. The van der Waals surface area contributed by atoms with Gasteiger partial charge in [-0.25, -0.2) is 4.98 Å². The van der Waals surface area contributed by atoms with E-state index in [4.69, 9.17) is 0 Å². The molecule has 1 aromatic heterocycles. The molecular formula is C10H14BrNS. The van der Waals surface area contributed by atoms with Gasteiger partial charge in [0.25, 0.3) is 0 Å². The number of hydrogen-bond donors (Lipinski definition) is 0. The molecule has 0 saturated heterocycles. The first-order chi connectivity index (χ1) is 5.88. The molecule has 13 heavy (non-hydrogen) atoms. The first kappa shape index (κ1) is 11.1. The maximum atomic E-state index is 4.38. The van der Waals surface area contributed by atoms with Gasteiger partial charge in [-0.1, -0.05) is 20.8 Å². The lowest BCUT2D eigenvalue weighted by Crippen LogP contribution is -2.07. The Morgan fingerprint density at radius 3 is 2.46 bits per heavy atom. The minimum atomic E-state index is 0.228. The van der Waals surface area contributed by atoms with Crippen LogP contribution in [0.25, 0.3) is 0 Å². The molecular weight excluding hydrogens is 246 g/mol. The quantitative estimate of drug-likeness (QED) is 0.707. The van der Waals surface area contributed by atoms with Crippen molar-refractivity contribution in [1.29, 1.82) is 0 Å². The van der Waals surface area contributed by atoms with Crippen LogP contribution in [-0.2, 0) is 0 Å². The van der Waals surface area contributed by atoms with E-state index in [1.807, 2.05) is 6.20 Å². The smallest absolute Gasteiger partial charge is 0.0994 e. The lowest BCUT2D eigenvalue weighted by atomic mass is 10.3. The van der Waals surface area contributed by atoms with Crippen LogP contribution in [0.3, 0.4) is 0 Å². The highest BCUT2D eigenvalue weighted by molar-refractivity contribution is 9.10. The SMILES string of the molecule is Cc1cc(Br)cnc1SC(C)(C)C. The van der Waals surface area contributed by atoms with Gasteiger partial charge in [0.1, 0.15) is 0 Å². The third-order valence-corrected chi connectivity index (χ3v) is 3.07. The molecule has 0 aliphatic carbocycles. The second-order valence-electron chi connectivity index (χ2n) is 3.99. The summed E-state index contributed by atoms with van der Waals surface area (Å²) in [4.78, 5) is 4.38. The summed E-state index contributed by atoms with van der Waals surface area (Å²) in [5, 5.41) is 1.12. The minimum absolute atomic E-state index is 0.228. The van der Waals surface area contributed by atoms with Crippen molar-refractivity contribution in [1.82, 2.24) is 4.98 Å². The number of aromatic nitrogens is 1. The molecule has 72 valence electrons. The number of pyridine rings is 1. The molecule has 0 amide bonds. The molecule has 0 aliphatic rings. The van der Waals surface area contributed by atoms with Crippen LogP contribution in [0, 0.1) is 6.92 Å². The van der Waals surface area contributed by atoms with Crippen LogP contribution >= 0.6 is 27.7 Å². The van der Waals surface area contributed by atoms with Gasteiger partial charge in [0.15, 0.2) is 0 Å². The normalized spacial score (nSPS) is 11.8. The minimum Gasteiger partial charge on any atom is -0.248 e. The highest BCUT2D eigenvalue weighted by Crippen LogP contribution is 2.32. The summed E-state index contributed by atoms with van der Waals surface area (Å²) in [6.07, 6.45) is 1.85. The fraction of sp³-hybridized carbons (Fsp3) is 0.500. The molecule has 0 bridgehead atoms. The Morgan fingerprint density at radius 1 is 1.38 bits per heavy atom. The first-order valence-electron chi connectivity index (χ1n) is 4.20. The molecule has 0 aliphatic heterocycles. The molecule has 3 heteroatoms. The van der Waals surface area contributed by atoms with Gasteiger partial charge in [-0.2, -0.15) is 0 Å². The Labute approximate surface area is 92.5 Å². The molecule has 0 saturated carbocycles. The summed E-state index contributed by atoms with van der Waals surface area (Å²) in [6, 6.07) is 2.10. The fourth-order valence-corrected chi connectivity index (χ4v) is 2.28. The topological polar surface area (TPSA) is 12.9 Å². The van der Waals surface area contributed by atoms with Crippen LogP contribution in [-0.4, -0.2) is 9.73 Å². The van der Waals surface area contributed by atoms with Gasteiger partial charge in [-0.3, -0.25) is 0 Å². The predicted octanol–water partition coefficient (Wildman–Crippen LogP) is 4.04. The molecule has 1 heterocycles. The molecule has 0 fully saturated rings. The summed E-state index contributed by atoms with van der Waals surface area (Å²) >= 11 is 5.21. The van der Waals surface area contributed by atoms with Crippen LogP contribution < -0.4 is 0 Å². The van der Waals surface area contributed by atoms with Gasteiger partial charge in [-0.15, -0.1) is 11.8 Å². The highest BCUT2D eigenvalue weighted by atomic mass is 79.9. The van der Waals surface area contributed by atoms with Crippen molar-refractivity contribution in [3.05, 3.63) is 22.3 Å². The van der Waals surface area contributed by atoms with E-state index in [0.717, 1.165) is 9.50 Å². The van der Waals surface area contributed by atoms with E-state index >= 15 is 0 Å². The molecule has 0 unspecified atom stereocenters. The number of aryl methyl sites for hydroxylation is 1. The Balaban J connectivity index is 2.90. The van der Waals surface area contributed by atoms with Crippen molar-refractivity contribution in [3.63, 3.8) is 0 Å². The maximum Gasteiger partial charge on any atom is 0.0994 e. The zero-order chi connectivity index (χ0) is 10.1. The van der Waals surface area contributed by atoms with E-state index in [-0.39, 0.29) is 4.75 Å². The molecule has 1 nitrogen and oxygen atoms in total. The lowest BCUT2D eigenvalue weighted by Gasteiger charge is -2.17. The second-order valence-corrected chi connectivity index (χ2v) is 6.72. The summed E-state index contributed by atoms with van der Waals surface area (Å²) in [5.41, 5.74) is 1.23. The van der Waals surface area contributed by atoms with Crippen LogP contribution in [0.5, 0.6) is 0 Å². The van der Waals surface area contributed by atoms with E-state index in [2.05, 4.69) is 54.7 Å². The van der Waals surface area contributed by atoms with Crippen LogP contribution in [0.4, 0.5) is 0 Å². The van der Waals surface area contributed by atoms with E-state index in [1.165, 1.54) is 5.56 Å². The van der Waals surface area contributed by atoms with E-state index in [0.29, 0.717) is 0 Å². The van der Waals surface area contributed by atoms with E-state index in [1.54, 1.807) is 11.8 Å². The van der Waals surface area contributed by atoms with Crippen molar-refractivity contribution >= 4 is 27.7 Å². The van der Waals surface area contributed by atoms with E-state index < -0.39 is 0 Å². The van der Waals surface area contributed by atoms with Crippen molar-refractivity contribution in [3.8, 4) is 0 Å². The average molecular weight is 260 g/mol. The molecule has 1 aromatic rings. The van der Waals surface area contributed by atoms with Gasteiger partial charge in [0.2, 0.25) is 0 Å². The Kier molecular flexibility index (Phi) is 3.41. The van der Waals surface area contributed by atoms with E-state index in [9.17, 15) is 0 Å². The number of thioether (sulfide) groups is 1. The summed E-state index contributed by atoms with van der Waals surface area (Å²) in [6.45, 7) is 8.67. The second kappa shape index (κ2) is 4.01. The third-order valence-electron chi connectivity index (χ3n) is 1.40. The number of halogens is 1. The number of nitrogens with zero attached hydrogens (tertiary/aromatic N) is 1. The molecule has 0 spiro atoms. The monoisotopic (exact) mass is 259 g/mol. The lowest BCUT2D eigenvalue weighted by molar-refractivity contribution is 0.798. The van der Waals surface area contributed by atoms with Gasteiger partial charge in [-0.05, 0) is 34.5 Å². The molecule has 0 aromatic carbocycles. The van der Waals surface area contributed by atoms with Crippen molar-refractivity contribution < 1.29 is 0 Å². The Bertz CT molecular complexity index is 304. The van der Waals surface area contributed by atoms with Gasteiger partial charge in [0, 0.05) is 15.4 Å². The van der Waals surface area contributed by atoms with Crippen LogP contribution in [0.15, 0.2) is 21.8 Å². The summed E-state index contributed by atoms with van der Waals surface area (Å²) < 4.78 is 1.27. The maximum absolute atomic E-state index is 4.38. The fourth-order valence-electron chi connectivity index (χ4n) is 0.925. The summed E-state index contributed by atoms with van der Waals surface area (Å²) in [7, 11) is 0. The van der Waals surface area contributed by atoms with Gasteiger partial charge in [0.05, 0.1) is 5.03 Å². The molecule has 1 rings (SSSR count). The van der Waals surface area contributed by atoms with Crippen LogP contribution in [0.2, 0.25) is 0 Å². The summed E-state index contributed by atoms with van der Waals surface area (Å²) in [5.74, 6) is 0. The molecule has 0 atom stereocenters. The highest BCUT2D eigenvalue weighted by Gasteiger charge is 2.14. The predicted molar refractivity (Wildman–Crippen MR) is 62.3 cm³/mol. The van der Waals surface area contributed by atoms with Crippen molar-refractivity contribution in [2.75, 3.05) is 0 Å². The number of rotatable bonds is 1.